The second-order valence-electron chi connectivity index (χ2n) is 2.94. The number of rotatable bonds is 1. The molecule has 2 aromatic rings. The molecule has 1 aromatic carbocycles. The SMILES string of the molecule is Cc1o[nH]c(=O)c1-c1ccccc1F. The molecule has 0 atom stereocenters. The summed E-state index contributed by atoms with van der Waals surface area (Å²) in [5, 5.41) is 2.17. The minimum absolute atomic E-state index is 0.253. The standard InChI is InChI=1S/C10H8FNO2/c1-6-9(10(13)12-14-6)7-4-2-3-5-8(7)11/h2-5H,1H3,(H,12,13). The zero-order chi connectivity index (χ0) is 10.1. The Kier molecular flexibility index (Phi) is 1.96. The second kappa shape index (κ2) is 3.14. The third kappa shape index (κ3) is 1.25. The molecule has 72 valence electrons. The second-order valence-corrected chi connectivity index (χ2v) is 2.94. The zero-order valence-corrected chi connectivity index (χ0v) is 7.50. The Labute approximate surface area is 79.1 Å². The zero-order valence-electron chi connectivity index (χ0n) is 7.50. The molecule has 0 radical (unpaired) electrons. The molecule has 4 heteroatoms. The summed E-state index contributed by atoms with van der Waals surface area (Å²) in [6.45, 7) is 1.61. The number of aromatic amines is 1. The highest BCUT2D eigenvalue weighted by Gasteiger charge is 2.14. The van der Waals surface area contributed by atoms with Crippen LogP contribution in [-0.2, 0) is 0 Å². The van der Waals surface area contributed by atoms with Crippen molar-refractivity contribution in [2.75, 3.05) is 0 Å². The van der Waals surface area contributed by atoms with Crippen LogP contribution in [-0.4, -0.2) is 5.16 Å². The molecule has 2 rings (SSSR count). The van der Waals surface area contributed by atoms with Gasteiger partial charge in [0.15, 0.2) is 0 Å². The van der Waals surface area contributed by atoms with E-state index in [1.54, 1.807) is 25.1 Å². The van der Waals surface area contributed by atoms with Crippen molar-refractivity contribution in [3.8, 4) is 11.1 Å². The van der Waals surface area contributed by atoms with Crippen LogP contribution in [0.4, 0.5) is 4.39 Å². The third-order valence-electron chi connectivity index (χ3n) is 2.02. The van der Waals surface area contributed by atoms with Crippen molar-refractivity contribution in [3.05, 3.63) is 46.2 Å². The van der Waals surface area contributed by atoms with Crippen molar-refractivity contribution in [1.29, 1.82) is 0 Å². The molecule has 14 heavy (non-hydrogen) atoms. The lowest BCUT2D eigenvalue weighted by molar-refractivity contribution is 0.392. The molecule has 1 heterocycles. The van der Waals surface area contributed by atoms with Crippen molar-refractivity contribution >= 4 is 0 Å². The molecule has 1 aromatic heterocycles. The first-order chi connectivity index (χ1) is 6.70. The molecule has 0 bridgehead atoms. The summed E-state index contributed by atoms with van der Waals surface area (Å²) in [5.74, 6) is -0.0393. The highest BCUT2D eigenvalue weighted by atomic mass is 19.1. The quantitative estimate of drug-likeness (QED) is 0.753. The van der Waals surface area contributed by atoms with Crippen LogP contribution in [0.3, 0.4) is 0 Å². The highest BCUT2D eigenvalue weighted by molar-refractivity contribution is 5.64. The van der Waals surface area contributed by atoms with Gasteiger partial charge in [0.25, 0.3) is 5.56 Å². The summed E-state index contributed by atoms with van der Waals surface area (Å²) in [4.78, 5) is 11.3. The minimum Gasteiger partial charge on any atom is -0.383 e. The average molecular weight is 193 g/mol. The van der Waals surface area contributed by atoms with E-state index in [1.165, 1.54) is 6.07 Å². The number of halogens is 1. The molecular weight excluding hydrogens is 185 g/mol. The molecule has 0 aliphatic heterocycles. The predicted molar refractivity (Wildman–Crippen MR) is 49.5 cm³/mol. The highest BCUT2D eigenvalue weighted by Crippen LogP contribution is 2.21. The van der Waals surface area contributed by atoms with E-state index in [0.29, 0.717) is 5.76 Å². The summed E-state index contributed by atoms with van der Waals surface area (Å²) in [5.41, 5.74) is 0.107. The lowest BCUT2D eigenvalue weighted by Gasteiger charge is -1.97. The van der Waals surface area contributed by atoms with Gasteiger partial charge in [0.05, 0.1) is 5.56 Å². The molecule has 0 aliphatic carbocycles. The van der Waals surface area contributed by atoms with Crippen LogP contribution in [0.15, 0.2) is 33.6 Å². The molecule has 0 amide bonds. The van der Waals surface area contributed by atoms with E-state index in [2.05, 4.69) is 5.16 Å². The van der Waals surface area contributed by atoms with E-state index in [4.69, 9.17) is 4.52 Å². The number of hydrogen-bond donors (Lipinski definition) is 1. The summed E-state index contributed by atoms with van der Waals surface area (Å²) in [6, 6.07) is 6.09. The first kappa shape index (κ1) is 8.74. The molecule has 0 fully saturated rings. The topological polar surface area (TPSA) is 46.0 Å². The Morgan fingerprint density at radius 1 is 1.36 bits per heavy atom. The minimum atomic E-state index is -0.428. The van der Waals surface area contributed by atoms with E-state index >= 15 is 0 Å². The van der Waals surface area contributed by atoms with Crippen LogP contribution in [0.25, 0.3) is 11.1 Å². The van der Waals surface area contributed by atoms with Gasteiger partial charge >= 0.3 is 0 Å². The first-order valence-corrected chi connectivity index (χ1v) is 4.13. The molecule has 0 aliphatic rings. The fraction of sp³-hybridized carbons (Fsp3) is 0.100. The van der Waals surface area contributed by atoms with Crippen molar-refractivity contribution in [2.24, 2.45) is 0 Å². The number of H-pyrrole nitrogens is 1. The molecular formula is C10H8FNO2. The van der Waals surface area contributed by atoms with Crippen LogP contribution in [0.5, 0.6) is 0 Å². The lowest BCUT2D eigenvalue weighted by Crippen LogP contribution is -2.02. The summed E-state index contributed by atoms with van der Waals surface area (Å²) in [6.07, 6.45) is 0. The largest absolute Gasteiger partial charge is 0.383 e. The maximum absolute atomic E-state index is 13.3. The summed E-state index contributed by atoms with van der Waals surface area (Å²) >= 11 is 0. The van der Waals surface area contributed by atoms with Gasteiger partial charge in [-0.2, -0.15) is 5.16 Å². The van der Waals surface area contributed by atoms with E-state index in [9.17, 15) is 9.18 Å². The van der Waals surface area contributed by atoms with Crippen LogP contribution < -0.4 is 5.56 Å². The molecule has 0 saturated carbocycles. The van der Waals surface area contributed by atoms with Gasteiger partial charge in [0.1, 0.15) is 11.6 Å². The normalized spacial score (nSPS) is 10.4. The van der Waals surface area contributed by atoms with Gasteiger partial charge in [0, 0.05) is 5.56 Å². The Bertz CT molecular complexity index is 513. The van der Waals surface area contributed by atoms with E-state index in [-0.39, 0.29) is 11.1 Å². The van der Waals surface area contributed by atoms with Crippen LogP contribution in [0, 0.1) is 12.7 Å². The Hall–Kier alpha value is -1.84. The number of benzene rings is 1. The summed E-state index contributed by atoms with van der Waals surface area (Å²) in [7, 11) is 0. The fourth-order valence-electron chi connectivity index (χ4n) is 1.36. The van der Waals surface area contributed by atoms with Crippen molar-refractivity contribution in [2.45, 2.75) is 6.92 Å². The Balaban J connectivity index is 2.72. The van der Waals surface area contributed by atoms with Crippen LogP contribution in [0.1, 0.15) is 5.76 Å². The molecule has 0 spiro atoms. The van der Waals surface area contributed by atoms with E-state index in [0.717, 1.165) is 0 Å². The maximum atomic E-state index is 13.3. The van der Waals surface area contributed by atoms with Gasteiger partial charge in [-0.3, -0.25) is 4.79 Å². The number of nitrogens with one attached hydrogen (secondary N) is 1. The third-order valence-corrected chi connectivity index (χ3v) is 2.02. The number of hydrogen-bond acceptors (Lipinski definition) is 2. The van der Waals surface area contributed by atoms with Crippen molar-refractivity contribution in [3.63, 3.8) is 0 Å². The first-order valence-electron chi connectivity index (χ1n) is 4.13. The summed E-state index contributed by atoms with van der Waals surface area (Å²) < 4.78 is 18.1. The van der Waals surface area contributed by atoms with Gasteiger partial charge < -0.3 is 4.52 Å². The number of aromatic nitrogens is 1. The molecule has 0 unspecified atom stereocenters. The fourth-order valence-corrected chi connectivity index (χ4v) is 1.36. The Morgan fingerprint density at radius 3 is 2.64 bits per heavy atom. The Morgan fingerprint density at radius 2 is 2.07 bits per heavy atom. The van der Waals surface area contributed by atoms with E-state index < -0.39 is 11.4 Å². The monoisotopic (exact) mass is 193 g/mol. The van der Waals surface area contributed by atoms with Gasteiger partial charge in [-0.05, 0) is 13.0 Å². The van der Waals surface area contributed by atoms with Crippen molar-refractivity contribution < 1.29 is 8.91 Å². The van der Waals surface area contributed by atoms with E-state index in [1.807, 2.05) is 0 Å². The number of aryl methyl sites for hydroxylation is 1. The van der Waals surface area contributed by atoms with Gasteiger partial charge in [-0.15, -0.1) is 0 Å². The molecule has 0 saturated heterocycles. The van der Waals surface area contributed by atoms with Gasteiger partial charge in [-0.25, -0.2) is 4.39 Å². The predicted octanol–water partition coefficient (Wildman–Crippen LogP) is 2.08. The maximum Gasteiger partial charge on any atom is 0.288 e. The van der Waals surface area contributed by atoms with Crippen molar-refractivity contribution in [1.82, 2.24) is 5.16 Å². The van der Waals surface area contributed by atoms with Crippen LogP contribution in [0.2, 0.25) is 0 Å². The lowest BCUT2D eigenvalue weighted by atomic mass is 10.1. The smallest absolute Gasteiger partial charge is 0.288 e. The van der Waals surface area contributed by atoms with Crippen LogP contribution >= 0.6 is 0 Å². The van der Waals surface area contributed by atoms with Gasteiger partial charge in [0.2, 0.25) is 0 Å². The molecule has 1 N–H and O–H groups in total. The molecule has 3 nitrogen and oxygen atoms in total. The van der Waals surface area contributed by atoms with Gasteiger partial charge in [-0.1, -0.05) is 18.2 Å². The average Bonchev–Trinajstić information content (AvgIpc) is 2.48.